The fraction of sp³-hybridized carbons (Fsp3) is 0.524. The molecule has 28 heavy (non-hydrogen) atoms. The Morgan fingerprint density at radius 3 is 2.64 bits per heavy atom. The normalized spacial score (nSPS) is 13.9. The predicted octanol–water partition coefficient (Wildman–Crippen LogP) is 3.04. The maximum atomic E-state index is 10.9. The fourth-order valence-electron chi connectivity index (χ4n) is 2.83. The van der Waals surface area contributed by atoms with Crippen molar-refractivity contribution in [1.82, 2.24) is 15.6 Å². The van der Waals surface area contributed by atoms with E-state index in [1.165, 1.54) is 0 Å². The summed E-state index contributed by atoms with van der Waals surface area (Å²) >= 11 is 0. The summed E-state index contributed by atoms with van der Waals surface area (Å²) in [7, 11) is 0. The highest BCUT2D eigenvalue weighted by atomic mass is 16.5. The second-order valence-electron chi connectivity index (χ2n) is 7.00. The van der Waals surface area contributed by atoms with Gasteiger partial charge in [-0.2, -0.15) is 0 Å². The van der Waals surface area contributed by atoms with E-state index >= 15 is 0 Å². The molecule has 0 radical (unpaired) electrons. The number of aromatic nitrogens is 1. The van der Waals surface area contributed by atoms with Gasteiger partial charge < -0.3 is 24.9 Å². The van der Waals surface area contributed by atoms with E-state index < -0.39 is 5.60 Å². The minimum absolute atomic E-state index is 0.306. The third-order valence-corrected chi connectivity index (χ3v) is 4.24. The predicted molar refractivity (Wildman–Crippen MR) is 111 cm³/mol. The zero-order valence-electron chi connectivity index (χ0n) is 17.5. The van der Waals surface area contributed by atoms with Crippen molar-refractivity contribution < 1.29 is 14.3 Å². The summed E-state index contributed by atoms with van der Waals surface area (Å²) in [6.45, 7) is 11.7. The van der Waals surface area contributed by atoms with E-state index in [9.17, 15) is 5.11 Å². The average Bonchev–Trinajstić information content (AvgIpc) is 3.02. The van der Waals surface area contributed by atoms with Gasteiger partial charge in [0.15, 0.2) is 5.96 Å². The lowest BCUT2D eigenvalue weighted by molar-refractivity contribution is 0.0601. The van der Waals surface area contributed by atoms with E-state index in [1.807, 2.05) is 39.0 Å². The van der Waals surface area contributed by atoms with Gasteiger partial charge in [0.2, 0.25) is 5.88 Å². The summed E-state index contributed by atoms with van der Waals surface area (Å²) in [4.78, 5) is 8.87. The Bertz CT molecular complexity index is 766. The quantitative estimate of drug-likeness (QED) is 0.452. The van der Waals surface area contributed by atoms with E-state index in [1.54, 1.807) is 13.1 Å². The largest absolute Gasteiger partial charge is 0.478 e. The lowest BCUT2D eigenvalue weighted by Gasteiger charge is -2.24. The van der Waals surface area contributed by atoms with Gasteiger partial charge in [0.1, 0.15) is 17.1 Å². The molecule has 0 bridgehead atoms. The molecule has 0 saturated heterocycles. The molecular formula is C21H32N4O3. The number of aliphatic hydroxyl groups is 1. The molecule has 2 heterocycles. The summed E-state index contributed by atoms with van der Waals surface area (Å²) < 4.78 is 11.0. The molecule has 154 valence electrons. The van der Waals surface area contributed by atoms with Crippen molar-refractivity contribution >= 4 is 5.96 Å². The maximum Gasteiger partial charge on any atom is 0.213 e. The number of furan rings is 1. The van der Waals surface area contributed by atoms with Gasteiger partial charge in [0.05, 0.1) is 19.7 Å². The van der Waals surface area contributed by atoms with Crippen LogP contribution in [0.1, 0.15) is 49.8 Å². The highest BCUT2D eigenvalue weighted by Crippen LogP contribution is 2.26. The van der Waals surface area contributed by atoms with E-state index in [2.05, 4.69) is 27.5 Å². The molecule has 0 amide bonds. The molecule has 0 aliphatic rings. The molecular weight excluding hydrogens is 356 g/mol. The summed E-state index contributed by atoms with van der Waals surface area (Å²) in [5, 5.41) is 17.3. The topological polar surface area (TPSA) is 91.9 Å². The van der Waals surface area contributed by atoms with Crippen LogP contribution < -0.4 is 15.4 Å². The van der Waals surface area contributed by atoms with Crippen molar-refractivity contribution in [2.75, 3.05) is 19.7 Å². The first-order valence-electron chi connectivity index (χ1n) is 9.75. The standard InChI is InChI=1S/C21H32N4O3/c1-6-10-27-19-9-8-17(12-23-19)13-24-20(22-7-2)25-14-21(5,26)18-11-15(3)28-16(18)4/h8-9,11-12,26H,6-7,10,13-14H2,1-5H3,(H2,22,24,25). The molecule has 3 N–H and O–H groups in total. The van der Waals surface area contributed by atoms with Crippen molar-refractivity contribution in [3.63, 3.8) is 0 Å². The number of nitrogens with zero attached hydrogens (tertiary/aromatic N) is 2. The molecule has 2 aromatic heterocycles. The van der Waals surface area contributed by atoms with Crippen LogP contribution in [0.15, 0.2) is 33.8 Å². The third kappa shape index (κ3) is 6.27. The number of ether oxygens (including phenoxy) is 1. The number of aliphatic imine (C=N–C) groups is 1. The van der Waals surface area contributed by atoms with Gasteiger partial charge in [-0.1, -0.05) is 13.0 Å². The van der Waals surface area contributed by atoms with Crippen LogP contribution in [0.4, 0.5) is 0 Å². The smallest absolute Gasteiger partial charge is 0.213 e. The van der Waals surface area contributed by atoms with Crippen molar-refractivity contribution in [3.05, 3.63) is 47.0 Å². The van der Waals surface area contributed by atoms with Gasteiger partial charge >= 0.3 is 0 Å². The van der Waals surface area contributed by atoms with Gasteiger partial charge in [-0.25, -0.2) is 9.98 Å². The first-order valence-corrected chi connectivity index (χ1v) is 9.75. The van der Waals surface area contributed by atoms with Crippen LogP contribution in [0.2, 0.25) is 0 Å². The van der Waals surface area contributed by atoms with Crippen LogP contribution in [-0.4, -0.2) is 35.7 Å². The number of nitrogens with one attached hydrogen (secondary N) is 2. The zero-order chi connectivity index (χ0) is 20.6. The van der Waals surface area contributed by atoms with E-state index in [0.29, 0.717) is 31.5 Å². The summed E-state index contributed by atoms with van der Waals surface area (Å²) in [6, 6.07) is 5.68. The van der Waals surface area contributed by atoms with Crippen LogP contribution in [0.3, 0.4) is 0 Å². The lowest BCUT2D eigenvalue weighted by atomic mass is 9.96. The molecule has 0 aliphatic carbocycles. The van der Waals surface area contributed by atoms with Crippen molar-refractivity contribution in [2.45, 2.75) is 53.2 Å². The van der Waals surface area contributed by atoms with Crippen LogP contribution in [0, 0.1) is 13.8 Å². The summed E-state index contributed by atoms with van der Waals surface area (Å²) in [5.74, 6) is 2.77. The van der Waals surface area contributed by atoms with Crippen molar-refractivity contribution in [3.8, 4) is 5.88 Å². The Labute approximate surface area is 167 Å². The fourth-order valence-corrected chi connectivity index (χ4v) is 2.83. The van der Waals surface area contributed by atoms with E-state index in [0.717, 1.165) is 35.6 Å². The number of hydrogen-bond acceptors (Lipinski definition) is 5. The molecule has 0 aromatic carbocycles. The summed E-state index contributed by atoms with van der Waals surface area (Å²) in [6.07, 6.45) is 2.72. The Morgan fingerprint density at radius 2 is 2.07 bits per heavy atom. The van der Waals surface area contributed by atoms with Gasteiger partial charge in [-0.3, -0.25) is 0 Å². The highest BCUT2D eigenvalue weighted by Gasteiger charge is 2.27. The molecule has 7 nitrogen and oxygen atoms in total. The maximum absolute atomic E-state index is 10.9. The minimum atomic E-state index is -1.07. The van der Waals surface area contributed by atoms with Crippen molar-refractivity contribution in [1.29, 1.82) is 0 Å². The molecule has 2 rings (SSSR count). The van der Waals surface area contributed by atoms with Crippen molar-refractivity contribution in [2.24, 2.45) is 4.99 Å². The van der Waals surface area contributed by atoms with E-state index in [4.69, 9.17) is 9.15 Å². The second kappa shape index (κ2) is 10.1. The van der Waals surface area contributed by atoms with Crippen LogP contribution in [0.5, 0.6) is 5.88 Å². The SMILES string of the molecule is CCCOc1ccc(CN=C(NCC)NCC(C)(O)c2cc(C)oc2C)cn1. The van der Waals surface area contributed by atoms with Crippen LogP contribution >= 0.6 is 0 Å². The number of guanidine groups is 1. The second-order valence-corrected chi connectivity index (χ2v) is 7.00. The minimum Gasteiger partial charge on any atom is -0.478 e. The first-order chi connectivity index (χ1) is 13.4. The van der Waals surface area contributed by atoms with Gasteiger partial charge in [0, 0.05) is 24.4 Å². The molecule has 0 saturated carbocycles. The Balaban J connectivity index is 1.99. The Hall–Kier alpha value is -2.54. The van der Waals surface area contributed by atoms with Crippen LogP contribution in [-0.2, 0) is 12.1 Å². The molecule has 1 atom stereocenters. The number of rotatable bonds is 9. The Kier molecular flexibility index (Phi) is 7.87. The zero-order valence-corrected chi connectivity index (χ0v) is 17.5. The van der Waals surface area contributed by atoms with Gasteiger partial charge in [-0.05, 0) is 45.7 Å². The Morgan fingerprint density at radius 1 is 1.29 bits per heavy atom. The average molecular weight is 389 g/mol. The third-order valence-electron chi connectivity index (χ3n) is 4.24. The molecule has 2 aromatic rings. The molecule has 0 fully saturated rings. The lowest BCUT2D eigenvalue weighted by Crippen LogP contribution is -2.44. The molecule has 7 heteroatoms. The number of hydrogen-bond donors (Lipinski definition) is 3. The molecule has 1 unspecified atom stereocenters. The van der Waals surface area contributed by atoms with E-state index in [-0.39, 0.29) is 0 Å². The summed E-state index contributed by atoms with van der Waals surface area (Å²) in [5.41, 5.74) is 0.687. The number of pyridine rings is 1. The molecule has 0 aliphatic heterocycles. The molecule has 0 spiro atoms. The first kappa shape index (κ1) is 21.8. The van der Waals surface area contributed by atoms with Crippen LogP contribution in [0.25, 0.3) is 0 Å². The van der Waals surface area contributed by atoms with Gasteiger partial charge in [0.25, 0.3) is 0 Å². The van der Waals surface area contributed by atoms with Gasteiger partial charge in [-0.15, -0.1) is 0 Å². The highest BCUT2D eigenvalue weighted by molar-refractivity contribution is 5.79. The number of aryl methyl sites for hydroxylation is 2. The monoisotopic (exact) mass is 388 g/mol.